The van der Waals surface area contributed by atoms with E-state index < -0.39 is 9.84 Å². The van der Waals surface area contributed by atoms with Gasteiger partial charge in [0.15, 0.2) is 9.84 Å². The van der Waals surface area contributed by atoms with Crippen molar-refractivity contribution in [2.45, 2.75) is 31.2 Å². The molecule has 0 aliphatic carbocycles. The van der Waals surface area contributed by atoms with Crippen LogP contribution in [0, 0.1) is 0 Å². The van der Waals surface area contributed by atoms with E-state index >= 15 is 0 Å². The summed E-state index contributed by atoms with van der Waals surface area (Å²) in [6.45, 7) is 3.63. The number of nitrogen functional groups attached to an aromatic ring is 1. The summed E-state index contributed by atoms with van der Waals surface area (Å²) in [6.07, 6.45) is 2.56. The first-order valence-corrected chi connectivity index (χ1v) is 7.20. The second-order valence-corrected chi connectivity index (χ2v) is 6.28. The van der Waals surface area contributed by atoms with Crippen LogP contribution in [-0.2, 0) is 14.6 Å². The number of nitrogens with one attached hydrogen (secondary N) is 1. The highest BCUT2D eigenvalue weighted by Crippen LogP contribution is 2.18. The molecule has 18 heavy (non-hydrogen) atoms. The maximum atomic E-state index is 12.0. The van der Waals surface area contributed by atoms with Crippen LogP contribution < -0.4 is 11.1 Å². The highest BCUT2D eigenvalue weighted by atomic mass is 32.2. The van der Waals surface area contributed by atoms with Crippen molar-refractivity contribution in [2.24, 2.45) is 0 Å². The number of hydrogen-bond acceptors (Lipinski definition) is 5. The molecule has 100 valence electrons. The number of nitrogens with zero attached hydrogens (tertiary/aromatic N) is 1. The zero-order chi connectivity index (χ0) is 13.8. The van der Waals surface area contributed by atoms with E-state index in [1.807, 2.05) is 13.8 Å². The molecule has 0 unspecified atom stereocenters. The lowest BCUT2D eigenvalue weighted by molar-refractivity contribution is -0.121. The van der Waals surface area contributed by atoms with E-state index in [2.05, 4.69) is 10.3 Å². The third-order valence-corrected chi connectivity index (χ3v) is 3.98. The van der Waals surface area contributed by atoms with Gasteiger partial charge in [-0.1, -0.05) is 0 Å². The van der Waals surface area contributed by atoms with E-state index in [0.717, 1.165) is 0 Å². The van der Waals surface area contributed by atoms with Crippen LogP contribution in [0.25, 0.3) is 0 Å². The van der Waals surface area contributed by atoms with E-state index in [1.54, 1.807) is 0 Å². The molecule has 1 heterocycles. The van der Waals surface area contributed by atoms with Crippen molar-refractivity contribution in [3.63, 3.8) is 0 Å². The lowest BCUT2D eigenvalue weighted by Gasteiger charge is -2.09. The molecule has 0 atom stereocenters. The van der Waals surface area contributed by atoms with Crippen LogP contribution >= 0.6 is 0 Å². The zero-order valence-electron chi connectivity index (χ0n) is 10.4. The van der Waals surface area contributed by atoms with Gasteiger partial charge in [0.2, 0.25) is 5.91 Å². The summed E-state index contributed by atoms with van der Waals surface area (Å²) in [5, 5.41) is 2.63. The molecule has 3 N–H and O–H groups in total. The Balaban J connectivity index is 2.72. The van der Waals surface area contributed by atoms with Gasteiger partial charge in [-0.2, -0.15) is 0 Å². The van der Waals surface area contributed by atoms with Gasteiger partial charge in [0, 0.05) is 18.7 Å². The van der Waals surface area contributed by atoms with Crippen molar-refractivity contribution in [1.82, 2.24) is 10.3 Å². The number of rotatable bonds is 5. The number of amides is 1. The smallest absolute Gasteiger partial charge is 0.221 e. The molecule has 0 saturated carbocycles. The molecule has 7 heteroatoms. The highest BCUT2D eigenvalue weighted by Gasteiger charge is 2.19. The number of carbonyl (C=O) groups is 1. The summed E-state index contributed by atoms with van der Waals surface area (Å²) in [7, 11) is -3.55. The number of nitrogens with two attached hydrogens (primary N) is 1. The monoisotopic (exact) mass is 271 g/mol. The highest BCUT2D eigenvalue weighted by molar-refractivity contribution is 7.91. The Kier molecular flexibility index (Phi) is 4.66. The number of pyridine rings is 1. The van der Waals surface area contributed by atoms with Crippen LogP contribution in [0.2, 0.25) is 0 Å². The van der Waals surface area contributed by atoms with Crippen LogP contribution in [0.15, 0.2) is 23.4 Å². The minimum Gasteiger partial charge on any atom is -0.396 e. The molecule has 1 aromatic heterocycles. The Morgan fingerprint density at radius 1 is 1.50 bits per heavy atom. The van der Waals surface area contributed by atoms with Gasteiger partial charge in [-0.3, -0.25) is 9.78 Å². The van der Waals surface area contributed by atoms with E-state index in [9.17, 15) is 13.2 Å². The van der Waals surface area contributed by atoms with Gasteiger partial charge < -0.3 is 11.1 Å². The van der Waals surface area contributed by atoms with E-state index in [1.165, 1.54) is 18.5 Å². The third kappa shape index (κ3) is 3.99. The fraction of sp³-hybridized carbons (Fsp3) is 0.455. The summed E-state index contributed by atoms with van der Waals surface area (Å²) in [4.78, 5) is 15.1. The van der Waals surface area contributed by atoms with Gasteiger partial charge in [-0.15, -0.1) is 0 Å². The summed E-state index contributed by atoms with van der Waals surface area (Å²) >= 11 is 0. The van der Waals surface area contributed by atoms with Crippen LogP contribution in [-0.4, -0.2) is 31.1 Å². The van der Waals surface area contributed by atoms with E-state index in [4.69, 9.17) is 5.73 Å². The summed E-state index contributed by atoms with van der Waals surface area (Å²) in [6, 6.07) is 1.33. The first kappa shape index (κ1) is 14.4. The van der Waals surface area contributed by atoms with Crippen molar-refractivity contribution < 1.29 is 13.2 Å². The topological polar surface area (TPSA) is 102 Å². The van der Waals surface area contributed by atoms with Gasteiger partial charge in [-0.25, -0.2) is 8.42 Å². The SMILES string of the molecule is CC(C)NC(=O)CCS(=O)(=O)c1ccncc1N. The Morgan fingerprint density at radius 3 is 2.72 bits per heavy atom. The van der Waals surface area contributed by atoms with Crippen LogP contribution in [0.5, 0.6) is 0 Å². The molecule has 0 spiro atoms. The molecule has 0 aromatic carbocycles. The van der Waals surface area contributed by atoms with Crippen LogP contribution in [0.3, 0.4) is 0 Å². The summed E-state index contributed by atoms with van der Waals surface area (Å²) in [5.74, 6) is -0.555. The molecule has 1 rings (SSSR count). The second-order valence-electron chi connectivity index (χ2n) is 4.20. The molecule has 0 fully saturated rings. The lowest BCUT2D eigenvalue weighted by atomic mass is 10.3. The van der Waals surface area contributed by atoms with E-state index in [0.29, 0.717) is 0 Å². The van der Waals surface area contributed by atoms with Crippen molar-refractivity contribution in [2.75, 3.05) is 11.5 Å². The standard InChI is InChI=1S/C11H17N3O3S/c1-8(2)14-11(15)4-6-18(16,17)10-3-5-13-7-9(10)12/h3,5,7-8H,4,6,12H2,1-2H3,(H,14,15). The molecule has 0 bridgehead atoms. The number of anilines is 1. The van der Waals surface area contributed by atoms with E-state index in [-0.39, 0.29) is 34.7 Å². The Labute approximate surface area is 107 Å². The van der Waals surface area contributed by atoms with Crippen molar-refractivity contribution in [1.29, 1.82) is 0 Å². The first-order chi connectivity index (χ1) is 8.33. The predicted molar refractivity (Wildman–Crippen MR) is 68.6 cm³/mol. The third-order valence-electron chi connectivity index (χ3n) is 2.19. The molecular formula is C11H17N3O3S. The fourth-order valence-corrected chi connectivity index (χ4v) is 2.76. The molecule has 0 radical (unpaired) electrons. The van der Waals surface area contributed by atoms with Crippen molar-refractivity contribution >= 4 is 21.4 Å². The normalized spacial score (nSPS) is 11.5. The molecular weight excluding hydrogens is 254 g/mol. The minimum atomic E-state index is -3.55. The first-order valence-electron chi connectivity index (χ1n) is 5.54. The van der Waals surface area contributed by atoms with Crippen LogP contribution in [0.1, 0.15) is 20.3 Å². The maximum absolute atomic E-state index is 12.0. The van der Waals surface area contributed by atoms with Crippen LogP contribution in [0.4, 0.5) is 5.69 Å². The quantitative estimate of drug-likeness (QED) is 0.804. The molecule has 0 saturated heterocycles. The second kappa shape index (κ2) is 5.81. The Hall–Kier alpha value is -1.63. The predicted octanol–water partition coefficient (Wildman–Crippen LogP) is 0.352. The summed E-state index contributed by atoms with van der Waals surface area (Å²) in [5.41, 5.74) is 5.65. The largest absolute Gasteiger partial charge is 0.396 e. The van der Waals surface area contributed by atoms with Gasteiger partial charge in [0.25, 0.3) is 0 Å². The van der Waals surface area contributed by atoms with Gasteiger partial charge in [-0.05, 0) is 19.9 Å². The number of carbonyl (C=O) groups excluding carboxylic acids is 1. The van der Waals surface area contributed by atoms with Crippen molar-refractivity contribution in [3.05, 3.63) is 18.5 Å². The molecule has 0 aliphatic rings. The Bertz CT molecular complexity index is 526. The Morgan fingerprint density at radius 2 is 2.17 bits per heavy atom. The summed E-state index contributed by atoms with van der Waals surface area (Å²) < 4.78 is 23.9. The minimum absolute atomic E-state index is 0.00815. The average Bonchev–Trinajstić information content (AvgIpc) is 2.26. The molecule has 1 amide bonds. The molecule has 1 aromatic rings. The lowest BCUT2D eigenvalue weighted by Crippen LogP contribution is -2.31. The maximum Gasteiger partial charge on any atom is 0.221 e. The van der Waals surface area contributed by atoms with Crippen molar-refractivity contribution in [3.8, 4) is 0 Å². The number of sulfone groups is 1. The van der Waals surface area contributed by atoms with Gasteiger partial charge in [0.05, 0.1) is 22.5 Å². The molecule has 0 aliphatic heterocycles. The fourth-order valence-electron chi connectivity index (χ4n) is 1.41. The molecule has 6 nitrogen and oxygen atoms in total. The number of hydrogen-bond donors (Lipinski definition) is 2. The zero-order valence-corrected chi connectivity index (χ0v) is 11.2. The average molecular weight is 271 g/mol. The van der Waals surface area contributed by atoms with Gasteiger partial charge >= 0.3 is 0 Å². The van der Waals surface area contributed by atoms with Gasteiger partial charge in [0.1, 0.15) is 0 Å². The number of aromatic nitrogens is 1.